The normalized spacial score (nSPS) is 21.4. The van der Waals surface area contributed by atoms with Gasteiger partial charge in [-0.25, -0.2) is 14.6 Å². The van der Waals surface area contributed by atoms with Gasteiger partial charge in [0.25, 0.3) is 5.91 Å². The van der Waals surface area contributed by atoms with Crippen LogP contribution in [-0.4, -0.2) is 49.8 Å². The Balaban J connectivity index is 1.73. The fourth-order valence-electron chi connectivity index (χ4n) is 5.25. The lowest BCUT2D eigenvalue weighted by Crippen LogP contribution is -2.30. The Bertz CT molecular complexity index is 1140. The van der Waals surface area contributed by atoms with Crippen molar-refractivity contribution in [2.75, 3.05) is 11.9 Å². The molecule has 0 bridgehead atoms. The van der Waals surface area contributed by atoms with Gasteiger partial charge in [0.15, 0.2) is 23.1 Å². The lowest BCUT2D eigenvalue weighted by Gasteiger charge is -2.29. The third-order valence-electron chi connectivity index (χ3n) is 6.86. The van der Waals surface area contributed by atoms with Gasteiger partial charge in [0, 0.05) is 18.9 Å². The molecule has 10 nitrogen and oxygen atoms in total. The van der Waals surface area contributed by atoms with E-state index in [0.29, 0.717) is 37.1 Å². The number of nitrogens with two attached hydrogens (primary N) is 2. The second-order valence-corrected chi connectivity index (χ2v) is 10.2. The number of rotatable bonds is 8. The Morgan fingerprint density at radius 1 is 1.26 bits per heavy atom. The predicted molar refractivity (Wildman–Crippen MR) is 127 cm³/mol. The topological polar surface area (TPSA) is 159 Å². The summed E-state index contributed by atoms with van der Waals surface area (Å²) in [5.41, 5.74) is 13.2. The number of Topliss-reactive ketones (excluding diaryl/α,β-unsaturated/α-hetero) is 2. The summed E-state index contributed by atoms with van der Waals surface area (Å²) in [7, 11) is 0. The zero-order valence-electron chi connectivity index (χ0n) is 20.1. The molecule has 0 saturated heterocycles. The SMILES string of the molecule is CCc1nn(-c2cnc(C(N)=O)c(NC3CCCC3CC(=O)CN)n2)c2c1C(=O)CC(C)(C)C2. The maximum absolute atomic E-state index is 12.9. The van der Waals surface area contributed by atoms with Crippen LogP contribution in [0.3, 0.4) is 0 Å². The molecule has 2 aromatic rings. The number of primary amides is 1. The van der Waals surface area contributed by atoms with Crippen molar-refractivity contribution < 1.29 is 14.4 Å². The molecule has 2 heterocycles. The Hall–Kier alpha value is -3.14. The molecule has 2 aliphatic rings. The Labute approximate surface area is 198 Å². The second kappa shape index (κ2) is 9.25. The number of carbonyl (C=O) groups is 3. The van der Waals surface area contributed by atoms with Crippen molar-refractivity contribution in [2.45, 2.75) is 71.8 Å². The van der Waals surface area contributed by atoms with E-state index in [0.717, 1.165) is 30.7 Å². The third kappa shape index (κ3) is 4.59. The van der Waals surface area contributed by atoms with Gasteiger partial charge in [-0.1, -0.05) is 27.2 Å². The highest BCUT2D eigenvalue weighted by Gasteiger charge is 2.37. The van der Waals surface area contributed by atoms with Gasteiger partial charge in [-0.3, -0.25) is 14.4 Å². The van der Waals surface area contributed by atoms with Crippen LogP contribution in [0.25, 0.3) is 5.82 Å². The first kappa shape index (κ1) is 24.0. The van der Waals surface area contributed by atoms with Crippen molar-refractivity contribution in [2.24, 2.45) is 22.8 Å². The molecule has 1 amide bonds. The minimum Gasteiger partial charge on any atom is -0.365 e. The van der Waals surface area contributed by atoms with Crippen LogP contribution in [0.4, 0.5) is 5.82 Å². The van der Waals surface area contributed by atoms with Crippen LogP contribution in [0.15, 0.2) is 6.20 Å². The number of hydrogen-bond acceptors (Lipinski definition) is 8. The molecule has 1 saturated carbocycles. The predicted octanol–water partition coefficient (Wildman–Crippen LogP) is 1.98. The summed E-state index contributed by atoms with van der Waals surface area (Å²) < 4.78 is 1.68. The summed E-state index contributed by atoms with van der Waals surface area (Å²) in [6, 6.07) is -0.0450. The summed E-state index contributed by atoms with van der Waals surface area (Å²) in [6.45, 7) is 6.12. The van der Waals surface area contributed by atoms with Gasteiger partial charge in [0.1, 0.15) is 5.78 Å². The molecule has 2 aromatic heterocycles. The lowest BCUT2D eigenvalue weighted by atomic mass is 9.75. The van der Waals surface area contributed by atoms with E-state index in [1.54, 1.807) is 4.68 Å². The van der Waals surface area contributed by atoms with Gasteiger partial charge >= 0.3 is 0 Å². The standard InChI is InChI=1S/C24H33N7O3/c1-4-15-20-17(9-24(2,3)10-18(20)33)31(30-15)19-12-27-21(22(26)34)23(29-19)28-16-7-5-6-13(16)8-14(32)11-25/h12-13,16H,4-11,25H2,1-3H3,(H2,26,34)(H,28,29). The number of hydrogen-bond donors (Lipinski definition) is 3. The minimum atomic E-state index is -0.692. The number of anilines is 1. The molecule has 1 fully saturated rings. The average molecular weight is 468 g/mol. The molecule has 2 atom stereocenters. The van der Waals surface area contributed by atoms with E-state index in [2.05, 4.69) is 24.1 Å². The quantitative estimate of drug-likeness (QED) is 0.531. The van der Waals surface area contributed by atoms with Gasteiger partial charge < -0.3 is 16.8 Å². The van der Waals surface area contributed by atoms with E-state index in [-0.39, 0.29) is 47.0 Å². The number of amides is 1. The third-order valence-corrected chi connectivity index (χ3v) is 6.86. The Kier molecular flexibility index (Phi) is 6.53. The second-order valence-electron chi connectivity index (χ2n) is 10.2. The fourth-order valence-corrected chi connectivity index (χ4v) is 5.25. The highest BCUT2D eigenvalue weighted by atomic mass is 16.1. The number of aromatic nitrogens is 4. The first-order valence-electron chi connectivity index (χ1n) is 11.9. The van der Waals surface area contributed by atoms with Gasteiger partial charge in [-0.2, -0.15) is 5.10 Å². The molecule has 4 rings (SSSR count). The van der Waals surface area contributed by atoms with E-state index in [9.17, 15) is 14.4 Å². The number of ketones is 2. The minimum absolute atomic E-state index is 0.0104. The molecule has 0 spiro atoms. The Morgan fingerprint density at radius 2 is 2.03 bits per heavy atom. The molecule has 10 heteroatoms. The van der Waals surface area contributed by atoms with Crippen LogP contribution in [-0.2, 0) is 17.6 Å². The maximum atomic E-state index is 12.9. The van der Waals surface area contributed by atoms with E-state index < -0.39 is 5.91 Å². The van der Waals surface area contributed by atoms with Crippen molar-refractivity contribution in [3.8, 4) is 5.82 Å². The average Bonchev–Trinajstić information content (AvgIpc) is 3.36. The smallest absolute Gasteiger partial charge is 0.271 e. The molecule has 0 aliphatic heterocycles. The number of aryl methyl sites for hydroxylation is 1. The lowest BCUT2D eigenvalue weighted by molar-refractivity contribution is -0.118. The number of carbonyl (C=O) groups excluding carboxylic acids is 3. The van der Waals surface area contributed by atoms with Crippen molar-refractivity contribution in [3.05, 3.63) is 28.8 Å². The van der Waals surface area contributed by atoms with Crippen LogP contribution < -0.4 is 16.8 Å². The summed E-state index contributed by atoms with van der Waals surface area (Å²) >= 11 is 0. The van der Waals surface area contributed by atoms with Gasteiger partial charge in [0.2, 0.25) is 0 Å². The van der Waals surface area contributed by atoms with Crippen molar-refractivity contribution in [3.63, 3.8) is 0 Å². The van der Waals surface area contributed by atoms with Gasteiger partial charge in [0.05, 0.1) is 29.7 Å². The summed E-state index contributed by atoms with van der Waals surface area (Å²) in [5.74, 6) is 0.198. The summed E-state index contributed by atoms with van der Waals surface area (Å²) in [5, 5.41) is 8.03. The first-order valence-corrected chi connectivity index (χ1v) is 11.9. The molecule has 2 aliphatic carbocycles. The molecular weight excluding hydrogens is 434 g/mol. The fraction of sp³-hybridized carbons (Fsp3) is 0.583. The summed E-state index contributed by atoms with van der Waals surface area (Å²) in [4.78, 5) is 46.0. The van der Waals surface area contributed by atoms with Crippen LogP contribution in [0.5, 0.6) is 0 Å². The number of nitrogens with zero attached hydrogens (tertiary/aromatic N) is 4. The highest BCUT2D eigenvalue weighted by molar-refractivity contribution is 6.00. The van der Waals surface area contributed by atoms with Crippen molar-refractivity contribution >= 4 is 23.3 Å². The highest BCUT2D eigenvalue weighted by Crippen LogP contribution is 2.37. The van der Waals surface area contributed by atoms with Crippen LogP contribution >= 0.6 is 0 Å². The van der Waals surface area contributed by atoms with Crippen LogP contribution in [0.2, 0.25) is 0 Å². The van der Waals surface area contributed by atoms with Crippen LogP contribution in [0, 0.1) is 11.3 Å². The molecule has 0 aromatic carbocycles. The molecule has 182 valence electrons. The van der Waals surface area contributed by atoms with E-state index >= 15 is 0 Å². The van der Waals surface area contributed by atoms with E-state index in [1.807, 2.05) is 6.92 Å². The number of fused-ring (bicyclic) bond motifs is 1. The van der Waals surface area contributed by atoms with Crippen LogP contribution in [0.1, 0.15) is 85.1 Å². The monoisotopic (exact) mass is 467 g/mol. The van der Waals surface area contributed by atoms with Gasteiger partial charge in [-0.05, 0) is 37.0 Å². The summed E-state index contributed by atoms with van der Waals surface area (Å²) in [6.07, 6.45) is 6.32. The molecule has 2 unspecified atom stereocenters. The first-order chi connectivity index (χ1) is 16.1. The molecule has 5 N–H and O–H groups in total. The molecule has 34 heavy (non-hydrogen) atoms. The van der Waals surface area contributed by atoms with Crippen molar-refractivity contribution in [1.82, 2.24) is 19.7 Å². The van der Waals surface area contributed by atoms with Gasteiger partial charge in [-0.15, -0.1) is 0 Å². The maximum Gasteiger partial charge on any atom is 0.271 e. The Morgan fingerprint density at radius 3 is 2.71 bits per heavy atom. The largest absolute Gasteiger partial charge is 0.365 e. The van der Waals surface area contributed by atoms with E-state index in [4.69, 9.17) is 21.5 Å². The van der Waals surface area contributed by atoms with E-state index in [1.165, 1.54) is 6.20 Å². The molecular formula is C24H33N7O3. The van der Waals surface area contributed by atoms with Crippen molar-refractivity contribution in [1.29, 1.82) is 0 Å². The number of nitrogens with one attached hydrogen (secondary N) is 1. The molecule has 0 radical (unpaired) electrons. The zero-order valence-corrected chi connectivity index (χ0v) is 20.1. The zero-order chi connectivity index (χ0) is 24.6.